The highest BCUT2D eigenvalue weighted by Crippen LogP contribution is 2.52. The number of hydrogen-bond donors (Lipinski definition) is 1. The second kappa shape index (κ2) is 3.34. The molecule has 0 aliphatic heterocycles. The standard InChI is InChI=1S/C12H20O2/c1-8-7-9(13)5-6-12(2)10(8)3-4-11(12)14/h8,10-11,14H,3-7H2,1-2H3/t8-,10+,11-,12+/m1/s1. The third-order valence-electron chi connectivity index (χ3n) is 4.54. The third kappa shape index (κ3) is 1.40. The SMILES string of the molecule is C[C@@H]1CC(=O)CC[C@]2(C)[C@H](O)CC[C@@H]12. The van der Waals surface area contributed by atoms with Crippen molar-refractivity contribution in [1.82, 2.24) is 0 Å². The first-order valence-electron chi connectivity index (χ1n) is 5.74. The first-order chi connectivity index (χ1) is 6.54. The summed E-state index contributed by atoms with van der Waals surface area (Å²) in [4.78, 5) is 11.5. The van der Waals surface area contributed by atoms with Crippen LogP contribution in [0.3, 0.4) is 0 Å². The zero-order valence-corrected chi connectivity index (χ0v) is 9.12. The van der Waals surface area contributed by atoms with Gasteiger partial charge in [-0.3, -0.25) is 4.79 Å². The molecule has 2 saturated carbocycles. The van der Waals surface area contributed by atoms with Gasteiger partial charge in [-0.1, -0.05) is 13.8 Å². The van der Waals surface area contributed by atoms with Gasteiger partial charge in [0.25, 0.3) is 0 Å². The van der Waals surface area contributed by atoms with Crippen LogP contribution < -0.4 is 0 Å². The van der Waals surface area contributed by atoms with E-state index in [1.807, 2.05) is 0 Å². The molecular weight excluding hydrogens is 176 g/mol. The minimum absolute atomic E-state index is 0.0194. The minimum Gasteiger partial charge on any atom is -0.393 e. The van der Waals surface area contributed by atoms with Crippen molar-refractivity contribution in [3.05, 3.63) is 0 Å². The van der Waals surface area contributed by atoms with Crippen molar-refractivity contribution in [3.8, 4) is 0 Å². The molecule has 0 aromatic heterocycles. The number of aliphatic hydroxyl groups is 1. The number of hydrogen-bond acceptors (Lipinski definition) is 2. The van der Waals surface area contributed by atoms with Gasteiger partial charge in [-0.15, -0.1) is 0 Å². The number of ketones is 1. The van der Waals surface area contributed by atoms with Crippen LogP contribution >= 0.6 is 0 Å². The maximum absolute atomic E-state index is 11.5. The number of carbonyl (C=O) groups excluding carboxylic acids is 1. The number of fused-ring (bicyclic) bond motifs is 1. The molecule has 0 spiro atoms. The lowest BCUT2D eigenvalue weighted by atomic mass is 9.71. The van der Waals surface area contributed by atoms with Gasteiger partial charge in [-0.2, -0.15) is 0 Å². The van der Waals surface area contributed by atoms with Gasteiger partial charge in [0.2, 0.25) is 0 Å². The summed E-state index contributed by atoms with van der Waals surface area (Å²) in [6.45, 7) is 4.34. The van der Waals surface area contributed by atoms with E-state index in [0.29, 0.717) is 24.0 Å². The van der Waals surface area contributed by atoms with E-state index < -0.39 is 0 Å². The molecule has 0 amide bonds. The number of Topliss-reactive ketones (excluding diaryl/α,β-unsaturated/α-hetero) is 1. The van der Waals surface area contributed by atoms with E-state index in [2.05, 4.69) is 13.8 Å². The lowest BCUT2D eigenvalue weighted by Crippen LogP contribution is -2.34. The average Bonchev–Trinajstić information content (AvgIpc) is 2.35. The van der Waals surface area contributed by atoms with Gasteiger partial charge in [-0.05, 0) is 36.5 Å². The molecule has 2 fully saturated rings. The van der Waals surface area contributed by atoms with Gasteiger partial charge in [0.05, 0.1) is 6.10 Å². The predicted molar refractivity (Wildman–Crippen MR) is 54.9 cm³/mol. The van der Waals surface area contributed by atoms with Crippen molar-refractivity contribution in [2.45, 2.75) is 52.1 Å². The highest BCUT2D eigenvalue weighted by molar-refractivity contribution is 5.79. The fourth-order valence-corrected chi connectivity index (χ4v) is 3.54. The Labute approximate surface area is 85.7 Å². The summed E-state index contributed by atoms with van der Waals surface area (Å²) in [7, 11) is 0. The Kier molecular flexibility index (Phi) is 2.42. The summed E-state index contributed by atoms with van der Waals surface area (Å²) in [6, 6.07) is 0. The molecule has 2 heteroatoms. The van der Waals surface area contributed by atoms with Gasteiger partial charge in [0, 0.05) is 12.8 Å². The molecule has 2 aliphatic rings. The molecule has 2 rings (SSSR count). The van der Waals surface area contributed by atoms with Crippen LogP contribution in [0.4, 0.5) is 0 Å². The van der Waals surface area contributed by atoms with Crippen LogP contribution in [0.5, 0.6) is 0 Å². The van der Waals surface area contributed by atoms with E-state index in [1.165, 1.54) is 0 Å². The van der Waals surface area contributed by atoms with Crippen LogP contribution in [0.15, 0.2) is 0 Å². The topological polar surface area (TPSA) is 37.3 Å². The van der Waals surface area contributed by atoms with E-state index in [0.717, 1.165) is 25.7 Å². The Bertz CT molecular complexity index is 249. The molecule has 80 valence electrons. The molecule has 1 N–H and O–H groups in total. The molecule has 0 unspecified atom stereocenters. The molecule has 0 aromatic carbocycles. The zero-order chi connectivity index (χ0) is 10.3. The van der Waals surface area contributed by atoms with Crippen LogP contribution in [0.2, 0.25) is 0 Å². The second-order valence-electron chi connectivity index (χ2n) is 5.43. The van der Waals surface area contributed by atoms with E-state index in [-0.39, 0.29) is 11.5 Å². The zero-order valence-electron chi connectivity index (χ0n) is 9.12. The molecule has 2 nitrogen and oxygen atoms in total. The molecule has 14 heavy (non-hydrogen) atoms. The fourth-order valence-electron chi connectivity index (χ4n) is 3.54. The summed E-state index contributed by atoms with van der Waals surface area (Å²) in [5, 5.41) is 10.0. The van der Waals surface area contributed by atoms with E-state index in [4.69, 9.17) is 0 Å². The molecular formula is C12H20O2. The Hall–Kier alpha value is -0.370. The summed E-state index contributed by atoms with van der Waals surface area (Å²) in [6.07, 6.45) is 4.15. The Morgan fingerprint density at radius 3 is 2.86 bits per heavy atom. The first-order valence-corrected chi connectivity index (χ1v) is 5.74. The van der Waals surface area contributed by atoms with Gasteiger partial charge < -0.3 is 5.11 Å². The summed E-state index contributed by atoms with van der Waals surface area (Å²) in [5.74, 6) is 1.41. The summed E-state index contributed by atoms with van der Waals surface area (Å²) >= 11 is 0. The van der Waals surface area contributed by atoms with Gasteiger partial charge in [0.15, 0.2) is 0 Å². The van der Waals surface area contributed by atoms with Crippen LogP contribution in [0, 0.1) is 17.3 Å². The maximum atomic E-state index is 11.5. The van der Waals surface area contributed by atoms with Crippen molar-refractivity contribution in [2.24, 2.45) is 17.3 Å². The third-order valence-corrected chi connectivity index (χ3v) is 4.54. The first kappa shape index (κ1) is 10.2. The maximum Gasteiger partial charge on any atom is 0.133 e. The fraction of sp³-hybridized carbons (Fsp3) is 0.917. The Morgan fingerprint density at radius 1 is 1.43 bits per heavy atom. The van der Waals surface area contributed by atoms with Crippen molar-refractivity contribution < 1.29 is 9.90 Å². The molecule has 0 radical (unpaired) electrons. The van der Waals surface area contributed by atoms with E-state index in [9.17, 15) is 9.90 Å². The van der Waals surface area contributed by atoms with Gasteiger partial charge >= 0.3 is 0 Å². The molecule has 2 aliphatic carbocycles. The van der Waals surface area contributed by atoms with Gasteiger partial charge in [0.1, 0.15) is 5.78 Å². The molecule has 4 atom stereocenters. The molecule has 0 aromatic rings. The minimum atomic E-state index is -0.180. The number of rotatable bonds is 0. The summed E-state index contributed by atoms with van der Waals surface area (Å²) < 4.78 is 0. The summed E-state index contributed by atoms with van der Waals surface area (Å²) in [5.41, 5.74) is 0.0194. The predicted octanol–water partition coefficient (Wildman–Crippen LogP) is 2.15. The molecule has 0 saturated heterocycles. The molecule has 0 heterocycles. The van der Waals surface area contributed by atoms with Crippen LogP contribution in [0.25, 0.3) is 0 Å². The van der Waals surface area contributed by atoms with Crippen molar-refractivity contribution >= 4 is 5.78 Å². The van der Waals surface area contributed by atoms with Gasteiger partial charge in [-0.25, -0.2) is 0 Å². The quantitative estimate of drug-likeness (QED) is 0.644. The molecule has 0 bridgehead atoms. The van der Waals surface area contributed by atoms with Crippen molar-refractivity contribution in [2.75, 3.05) is 0 Å². The highest BCUT2D eigenvalue weighted by Gasteiger charge is 2.49. The van der Waals surface area contributed by atoms with Crippen molar-refractivity contribution in [1.29, 1.82) is 0 Å². The van der Waals surface area contributed by atoms with Crippen LogP contribution in [-0.2, 0) is 4.79 Å². The normalized spacial score (nSPS) is 48.8. The smallest absolute Gasteiger partial charge is 0.133 e. The van der Waals surface area contributed by atoms with E-state index in [1.54, 1.807) is 0 Å². The number of carbonyl (C=O) groups is 1. The van der Waals surface area contributed by atoms with Crippen LogP contribution in [-0.4, -0.2) is 17.0 Å². The monoisotopic (exact) mass is 196 g/mol. The van der Waals surface area contributed by atoms with E-state index >= 15 is 0 Å². The Morgan fingerprint density at radius 2 is 2.14 bits per heavy atom. The van der Waals surface area contributed by atoms with Crippen LogP contribution in [0.1, 0.15) is 46.0 Å². The average molecular weight is 196 g/mol. The lowest BCUT2D eigenvalue weighted by molar-refractivity contribution is -0.119. The van der Waals surface area contributed by atoms with Crippen molar-refractivity contribution in [3.63, 3.8) is 0 Å². The largest absolute Gasteiger partial charge is 0.393 e. The Balaban J connectivity index is 2.25. The lowest BCUT2D eigenvalue weighted by Gasteiger charge is -2.35. The highest BCUT2D eigenvalue weighted by atomic mass is 16.3. The number of aliphatic hydroxyl groups excluding tert-OH is 1. The second-order valence-corrected chi connectivity index (χ2v) is 5.43.